The Morgan fingerprint density at radius 3 is 2.57 bits per heavy atom. The average molecular weight is 395 g/mol. The third kappa shape index (κ3) is 3.91. The van der Waals surface area contributed by atoms with Gasteiger partial charge >= 0.3 is 5.97 Å². The Hall–Kier alpha value is -4.37. The SMILES string of the molecule is COc1cccc(-c2cn(-c3c(C#Cc4ccccc4)cccc3C(=O)O)nn2)c1. The Morgan fingerprint density at radius 2 is 1.80 bits per heavy atom. The molecule has 0 aliphatic rings. The first kappa shape index (κ1) is 19.0. The molecule has 0 atom stereocenters. The Labute approximate surface area is 173 Å². The molecule has 0 spiro atoms. The van der Waals surface area contributed by atoms with Crippen LogP contribution in [0.5, 0.6) is 5.75 Å². The van der Waals surface area contributed by atoms with Crippen molar-refractivity contribution in [3.05, 3.63) is 95.7 Å². The summed E-state index contributed by atoms with van der Waals surface area (Å²) in [6.45, 7) is 0. The Bertz CT molecular complexity index is 1270. The van der Waals surface area contributed by atoms with Gasteiger partial charge in [-0.05, 0) is 36.4 Å². The topological polar surface area (TPSA) is 77.2 Å². The molecule has 146 valence electrons. The summed E-state index contributed by atoms with van der Waals surface area (Å²) in [6, 6.07) is 21.9. The summed E-state index contributed by atoms with van der Waals surface area (Å²) >= 11 is 0. The lowest BCUT2D eigenvalue weighted by Gasteiger charge is -2.08. The number of aromatic carboxylic acids is 1. The molecular formula is C24H17N3O3. The Balaban J connectivity index is 1.81. The molecule has 4 rings (SSSR count). The molecule has 0 aliphatic heterocycles. The van der Waals surface area contributed by atoms with Crippen LogP contribution in [0.15, 0.2) is 79.0 Å². The number of carboxylic acids is 1. The van der Waals surface area contributed by atoms with Gasteiger partial charge in [-0.1, -0.05) is 53.5 Å². The van der Waals surface area contributed by atoms with Gasteiger partial charge in [0.15, 0.2) is 0 Å². The third-order valence-electron chi connectivity index (χ3n) is 4.47. The normalized spacial score (nSPS) is 10.2. The van der Waals surface area contributed by atoms with Crippen LogP contribution < -0.4 is 4.74 Å². The Kier molecular flexibility index (Phi) is 5.27. The van der Waals surface area contributed by atoms with Crippen molar-refractivity contribution in [2.45, 2.75) is 0 Å². The first-order valence-corrected chi connectivity index (χ1v) is 9.16. The lowest BCUT2D eigenvalue weighted by Crippen LogP contribution is -2.08. The van der Waals surface area contributed by atoms with Gasteiger partial charge in [0.2, 0.25) is 0 Å². The lowest BCUT2D eigenvalue weighted by atomic mass is 10.1. The van der Waals surface area contributed by atoms with E-state index in [1.165, 1.54) is 10.7 Å². The van der Waals surface area contributed by atoms with Crippen molar-refractivity contribution in [2.24, 2.45) is 0 Å². The molecule has 0 amide bonds. The van der Waals surface area contributed by atoms with Gasteiger partial charge in [0, 0.05) is 11.1 Å². The van der Waals surface area contributed by atoms with Crippen molar-refractivity contribution in [3.8, 4) is 34.5 Å². The molecule has 3 aromatic carbocycles. The maximum absolute atomic E-state index is 11.9. The number of hydrogen-bond acceptors (Lipinski definition) is 4. The molecule has 0 fully saturated rings. The first-order chi connectivity index (χ1) is 14.7. The van der Waals surface area contributed by atoms with E-state index < -0.39 is 5.97 Å². The number of rotatable bonds is 4. The van der Waals surface area contributed by atoms with Crippen molar-refractivity contribution < 1.29 is 14.6 Å². The summed E-state index contributed by atoms with van der Waals surface area (Å²) in [6.07, 6.45) is 1.68. The van der Waals surface area contributed by atoms with Crippen LogP contribution in [-0.2, 0) is 0 Å². The van der Waals surface area contributed by atoms with E-state index in [1.54, 1.807) is 25.4 Å². The number of carboxylic acid groups (broad SMARTS) is 1. The predicted molar refractivity (Wildman–Crippen MR) is 113 cm³/mol. The van der Waals surface area contributed by atoms with Crippen LogP contribution in [0.25, 0.3) is 16.9 Å². The minimum absolute atomic E-state index is 0.0944. The number of benzene rings is 3. The highest BCUT2D eigenvalue weighted by atomic mass is 16.5. The van der Waals surface area contributed by atoms with E-state index in [9.17, 15) is 9.90 Å². The van der Waals surface area contributed by atoms with E-state index in [0.717, 1.165) is 11.1 Å². The van der Waals surface area contributed by atoms with Crippen LogP contribution in [0.3, 0.4) is 0 Å². The molecule has 0 saturated carbocycles. The number of aromatic nitrogens is 3. The second kappa shape index (κ2) is 8.33. The molecular weight excluding hydrogens is 378 g/mol. The van der Waals surface area contributed by atoms with Crippen molar-refractivity contribution in [2.75, 3.05) is 7.11 Å². The highest BCUT2D eigenvalue weighted by Crippen LogP contribution is 2.25. The zero-order chi connectivity index (χ0) is 20.9. The van der Waals surface area contributed by atoms with Crippen LogP contribution in [0.1, 0.15) is 21.5 Å². The number of ether oxygens (including phenoxy) is 1. The van der Waals surface area contributed by atoms with E-state index in [0.29, 0.717) is 22.7 Å². The smallest absolute Gasteiger partial charge is 0.337 e. The zero-order valence-corrected chi connectivity index (χ0v) is 16.1. The lowest BCUT2D eigenvalue weighted by molar-refractivity contribution is 0.0696. The van der Waals surface area contributed by atoms with Gasteiger partial charge < -0.3 is 9.84 Å². The van der Waals surface area contributed by atoms with Crippen LogP contribution >= 0.6 is 0 Å². The molecule has 6 heteroatoms. The van der Waals surface area contributed by atoms with E-state index in [4.69, 9.17) is 4.74 Å². The summed E-state index contributed by atoms with van der Waals surface area (Å²) in [5, 5.41) is 18.1. The maximum Gasteiger partial charge on any atom is 0.337 e. The minimum Gasteiger partial charge on any atom is -0.497 e. The van der Waals surface area contributed by atoms with Crippen LogP contribution in [0.2, 0.25) is 0 Å². The molecule has 0 aliphatic carbocycles. The van der Waals surface area contributed by atoms with E-state index in [-0.39, 0.29) is 5.56 Å². The quantitative estimate of drug-likeness (QED) is 0.528. The fourth-order valence-electron chi connectivity index (χ4n) is 3.01. The molecule has 30 heavy (non-hydrogen) atoms. The number of para-hydroxylation sites is 1. The summed E-state index contributed by atoms with van der Waals surface area (Å²) in [5.41, 5.74) is 3.24. The van der Waals surface area contributed by atoms with Crippen molar-refractivity contribution >= 4 is 5.97 Å². The summed E-state index contributed by atoms with van der Waals surface area (Å²) in [4.78, 5) is 11.9. The van der Waals surface area contributed by atoms with Gasteiger partial charge in [-0.2, -0.15) is 0 Å². The van der Waals surface area contributed by atoms with Gasteiger partial charge in [-0.3, -0.25) is 0 Å². The summed E-state index contributed by atoms with van der Waals surface area (Å²) in [7, 11) is 1.59. The zero-order valence-electron chi connectivity index (χ0n) is 16.1. The molecule has 1 aromatic heterocycles. The molecule has 1 heterocycles. The maximum atomic E-state index is 11.9. The highest BCUT2D eigenvalue weighted by Gasteiger charge is 2.17. The van der Waals surface area contributed by atoms with E-state index in [2.05, 4.69) is 22.2 Å². The van der Waals surface area contributed by atoms with Crippen molar-refractivity contribution in [3.63, 3.8) is 0 Å². The summed E-state index contributed by atoms with van der Waals surface area (Å²) in [5.74, 6) is 5.77. The standard InChI is InChI=1S/C24H17N3O3/c1-30-20-11-5-10-19(15-20)22-16-27(26-25-22)23-18(9-6-12-21(23)24(28)29)14-13-17-7-3-2-4-8-17/h2-12,15-16H,1H3,(H,28,29). The second-order valence-corrected chi connectivity index (χ2v) is 6.40. The number of methoxy groups -OCH3 is 1. The van der Waals surface area contributed by atoms with Gasteiger partial charge in [0.25, 0.3) is 0 Å². The molecule has 0 radical (unpaired) electrons. The minimum atomic E-state index is -1.06. The Morgan fingerprint density at radius 1 is 1.00 bits per heavy atom. The third-order valence-corrected chi connectivity index (χ3v) is 4.47. The number of nitrogens with zero attached hydrogens (tertiary/aromatic N) is 3. The van der Waals surface area contributed by atoms with Crippen LogP contribution in [0.4, 0.5) is 0 Å². The average Bonchev–Trinajstić information content (AvgIpc) is 3.28. The molecule has 4 aromatic rings. The number of carbonyl (C=O) groups is 1. The fourth-order valence-corrected chi connectivity index (χ4v) is 3.01. The van der Waals surface area contributed by atoms with Gasteiger partial charge in [0.05, 0.1) is 30.1 Å². The van der Waals surface area contributed by atoms with Crippen molar-refractivity contribution in [1.82, 2.24) is 15.0 Å². The second-order valence-electron chi connectivity index (χ2n) is 6.40. The molecule has 0 unspecified atom stereocenters. The van der Waals surface area contributed by atoms with Crippen LogP contribution in [-0.4, -0.2) is 33.2 Å². The molecule has 0 saturated heterocycles. The fraction of sp³-hybridized carbons (Fsp3) is 0.0417. The molecule has 6 nitrogen and oxygen atoms in total. The van der Waals surface area contributed by atoms with E-state index in [1.807, 2.05) is 54.6 Å². The predicted octanol–water partition coefficient (Wildman–Crippen LogP) is 4.04. The largest absolute Gasteiger partial charge is 0.497 e. The highest BCUT2D eigenvalue weighted by molar-refractivity contribution is 5.93. The monoisotopic (exact) mass is 395 g/mol. The summed E-state index contributed by atoms with van der Waals surface area (Å²) < 4.78 is 6.71. The van der Waals surface area contributed by atoms with Gasteiger partial charge in [-0.15, -0.1) is 5.10 Å². The van der Waals surface area contributed by atoms with Crippen LogP contribution in [0, 0.1) is 11.8 Å². The van der Waals surface area contributed by atoms with E-state index >= 15 is 0 Å². The van der Waals surface area contributed by atoms with Gasteiger partial charge in [0.1, 0.15) is 11.4 Å². The molecule has 0 bridgehead atoms. The van der Waals surface area contributed by atoms with Crippen molar-refractivity contribution in [1.29, 1.82) is 0 Å². The first-order valence-electron chi connectivity index (χ1n) is 9.16. The number of hydrogen-bond donors (Lipinski definition) is 1. The van der Waals surface area contributed by atoms with Gasteiger partial charge in [-0.25, -0.2) is 9.48 Å². The molecule has 1 N–H and O–H groups in total.